The summed E-state index contributed by atoms with van der Waals surface area (Å²) in [6, 6.07) is 0. The van der Waals surface area contributed by atoms with Crippen molar-refractivity contribution in [3.8, 4) is 0 Å². The molecule has 18 heavy (non-hydrogen) atoms. The highest BCUT2D eigenvalue weighted by atomic mass is 35.5. The van der Waals surface area contributed by atoms with E-state index in [0.29, 0.717) is 18.3 Å². The monoisotopic (exact) mass is 271 g/mol. The number of fused-ring (bicyclic) bond motifs is 1. The molecule has 2 amide bonds. The molecular weight excluding hydrogens is 250 g/mol. The summed E-state index contributed by atoms with van der Waals surface area (Å²) in [6.45, 7) is 2.74. The minimum absolute atomic E-state index is 0.00419. The fourth-order valence-electron chi connectivity index (χ4n) is 3.29. The highest BCUT2D eigenvalue weighted by Gasteiger charge is 2.51. The Hall–Kier alpha value is -0.570. The summed E-state index contributed by atoms with van der Waals surface area (Å²) in [5.41, 5.74) is 0. The molecule has 4 heteroatoms. The van der Waals surface area contributed by atoms with Crippen molar-refractivity contribution in [3.05, 3.63) is 0 Å². The molecule has 1 saturated carbocycles. The molecule has 2 aliphatic rings. The van der Waals surface area contributed by atoms with Crippen LogP contribution in [0.15, 0.2) is 0 Å². The lowest BCUT2D eigenvalue weighted by Gasteiger charge is -2.17. The van der Waals surface area contributed by atoms with Crippen molar-refractivity contribution < 1.29 is 9.59 Å². The number of halogens is 1. The molecular formula is C14H22ClNO2. The molecule has 1 saturated heterocycles. The van der Waals surface area contributed by atoms with Gasteiger partial charge in [0.1, 0.15) is 0 Å². The molecule has 0 bridgehead atoms. The summed E-state index contributed by atoms with van der Waals surface area (Å²) < 4.78 is 0. The van der Waals surface area contributed by atoms with Gasteiger partial charge in [-0.2, -0.15) is 0 Å². The normalized spacial score (nSPS) is 31.2. The van der Waals surface area contributed by atoms with Crippen molar-refractivity contribution in [1.29, 1.82) is 0 Å². The van der Waals surface area contributed by atoms with E-state index in [1.807, 2.05) is 0 Å². The molecule has 0 aromatic carbocycles. The van der Waals surface area contributed by atoms with Crippen LogP contribution in [0.25, 0.3) is 0 Å². The zero-order valence-corrected chi connectivity index (χ0v) is 11.8. The van der Waals surface area contributed by atoms with E-state index in [-0.39, 0.29) is 23.7 Å². The van der Waals surface area contributed by atoms with Gasteiger partial charge in [0.15, 0.2) is 0 Å². The molecule has 0 N–H and O–H groups in total. The second kappa shape index (κ2) is 6.05. The van der Waals surface area contributed by atoms with Gasteiger partial charge in [-0.15, -0.1) is 11.6 Å². The van der Waals surface area contributed by atoms with Crippen LogP contribution in [0.3, 0.4) is 0 Å². The molecule has 102 valence electrons. The van der Waals surface area contributed by atoms with Crippen LogP contribution in [0, 0.1) is 17.8 Å². The maximum atomic E-state index is 12.2. The summed E-state index contributed by atoms with van der Waals surface area (Å²) in [6.07, 6.45) is 5.77. The summed E-state index contributed by atoms with van der Waals surface area (Å²) in [5.74, 6) is 1.40. The van der Waals surface area contributed by atoms with Crippen molar-refractivity contribution in [3.63, 3.8) is 0 Å². The van der Waals surface area contributed by atoms with Crippen LogP contribution >= 0.6 is 11.6 Å². The standard InChI is InChI=1S/C14H22ClNO2/c1-2-10-8-11-12(9-10)14(18)16(13(11)17)7-5-3-4-6-15/h10-12H,2-9H2,1H3. The van der Waals surface area contributed by atoms with Gasteiger partial charge in [-0.3, -0.25) is 14.5 Å². The SMILES string of the molecule is CCC1CC2C(=O)N(CCCCCCl)C(=O)C2C1. The van der Waals surface area contributed by atoms with E-state index in [4.69, 9.17) is 11.6 Å². The van der Waals surface area contributed by atoms with Gasteiger partial charge in [0.05, 0.1) is 11.8 Å². The Morgan fingerprint density at radius 3 is 2.22 bits per heavy atom. The Kier molecular flexibility index (Phi) is 4.66. The number of alkyl halides is 1. The minimum atomic E-state index is -0.00419. The highest BCUT2D eigenvalue weighted by Crippen LogP contribution is 2.44. The third kappa shape index (κ3) is 2.56. The van der Waals surface area contributed by atoms with Gasteiger partial charge in [-0.25, -0.2) is 0 Å². The fraction of sp³-hybridized carbons (Fsp3) is 0.857. The number of hydrogen-bond donors (Lipinski definition) is 0. The van der Waals surface area contributed by atoms with E-state index in [2.05, 4.69) is 6.92 Å². The molecule has 0 aromatic heterocycles. The Morgan fingerprint density at radius 2 is 1.72 bits per heavy atom. The van der Waals surface area contributed by atoms with Crippen LogP contribution in [0.5, 0.6) is 0 Å². The van der Waals surface area contributed by atoms with Crippen molar-refractivity contribution >= 4 is 23.4 Å². The molecule has 0 spiro atoms. The summed E-state index contributed by atoms with van der Waals surface area (Å²) in [5, 5.41) is 0. The van der Waals surface area contributed by atoms with Crippen molar-refractivity contribution in [2.24, 2.45) is 17.8 Å². The number of imide groups is 1. The van der Waals surface area contributed by atoms with E-state index in [1.54, 1.807) is 0 Å². The predicted octanol–water partition coefficient (Wildman–Crippen LogP) is 2.82. The van der Waals surface area contributed by atoms with Crippen molar-refractivity contribution in [2.45, 2.75) is 45.4 Å². The number of amides is 2. The molecule has 0 radical (unpaired) electrons. The molecule has 1 aliphatic heterocycles. The van der Waals surface area contributed by atoms with Gasteiger partial charge in [0.2, 0.25) is 11.8 Å². The van der Waals surface area contributed by atoms with Crippen LogP contribution in [-0.2, 0) is 9.59 Å². The topological polar surface area (TPSA) is 37.4 Å². The Balaban J connectivity index is 1.88. The summed E-state index contributed by atoms with van der Waals surface area (Å²) >= 11 is 5.62. The molecule has 1 heterocycles. The fourth-order valence-corrected chi connectivity index (χ4v) is 3.48. The van der Waals surface area contributed by atoms with Crippen molar-refractivity contribution in [2.75, 3.05) is 12.4 Å². The van der Waals surface area contributed by atoms with E-state index < -0.39 is 0 Å². The second-order valence-electron chi connectivity index (χ2n) is 5.54. The van der Waals surface area contributed by atoms with Gasteiger partial charge < -0.3 is 0 Å². The zero-order chi connectivity index (χ0) is 13.1. The average Bonchev–Trinajstić information content (AvgIpc) is 2.89. The van der Waals surface area contributed by atoms with Crippen LogP contribution in [0.1, 0.15) is 45.4 Å². The van der Waals surface area contributed by atoms with Crippen LogP contribution in [-0.4, -0.2) is 29.1 Å². The first-order valence-electron chi connectivity index (χ1n) is 7.10. The lowest BCUT2D eigenvalue weighted by molar-refractivity contribution is -0.140. The first-order chi connectivity index (χ1) is 8.69. The number of unbranched alkanes of at least 4 members (excludes halogenated alkanes) is 2. The number of likely N-dealkylation sites (tertiary alicyclic amines) is 1. The van der Waals surface area contributed by atoms with Gasteiger partial charge in [-0.05, 0) is 31.6 Å². The molecule has 2 fully saturated rings. The number of carbonyl (C=O) groups is 2. The van der Waals surface area contributed by atoms with Gasteiger partial charge in [0, 0.05) is 12.4 Å². The first-order valence-corrected chi connectivity index (χ1v) is 7.63. The number of hydrogen-bond acceptors (Lipinski definition) is 2. The summed E-state index contributed by atoms with van der Waals surface area (Å²) in [7, 11) is 0. The van der Waals surface area contributed by atoms with E-state index >= 15 is 0 Å². The Morgan fingerprint density at radius 1 is 1.11 bits per heavy atom. The van der Waals surface area contributed by atoms with Gasteiger partial charge in [0.25, 0.3) is 0 Å². The number of nitrogens with zero attached hydrogens (tertiary/aromatic N) is 1. The van der Waals surface area contributed by atoms with Gasteiger partial charge in [-0.1, -0.05) is 19.8 Å². The smallest absolute Gasteiger partial charge is 0.233 e. The molecule has 2 rings (SSSR count). The molecule has 1 aliphatic carbocycles. The zero-order valence-electron chi connectivity index (χ0n) is 11.0. The molecule has 3 nitrogen and oxygen atoms in total. The van der Waals surface area contributed by atoms with E-state index in [9.17, 15) is 9.59 Å². The van der Waals surface area contributed by atoms with Crippen LogP contribution < -0.4 is 0 Å². The Bertz CT molecular complexity index is 308. The third-order valence-electron chi connectivity index (χ3n) is 4.42. The van der Waals surface area contributed by atoms with E-state index in [0.717, 1.165) is 38.5 Å². The molecule has 2 atom stereocenters. The quantitative estimate of drug-likeness (QED) is 0.423. The van der Waals surface area contributed by atoms with Gasteiger partial charge >= 0.3 is 0 Å². The Labute approximate surface area is 114 Å². The largest absolute Gasteiger partial charge is 0.282 e. The maximum Gasteiger partial charge on any atom is 0.233 e. The lowest BCUT2D eigenvalue weighted by Crippen LogP contribution is -2.33. The van der Waals surface area contributed by atoms with Crippen LogP contribution in [0.2, 0.25) is 0 Å². The maximum absolute atomic E-state index is 12.2. The molecule has 2 unspecified atom stereocenters. The van der Waals surface area contributed by atoms with Crippen LogP contribution in [0.4, 0.5) is 0 Å². The summed E-state index contributed by atoms with van der Waals surface area (Å²) in [4.78, 5) is 25.9. The van der Waals surface area contributed by atoms with E-state index in [1.165, 1.54) is 4.90 Å². The first kappa shape index (κ1) is 13.9. The number of carbonyl (C=O) groups excluding carboxylic acids is 2. The highest BCUT2D eigenvalue weighted by molar-refractivity contribution is 6.17. The second-order valence-corrected chi connectivity index (χ2v) is 5.91. The molecule has 0 aromatic rings. The third-order valence-corrected chi connectivity index (χ3v) is 4.69. The predicted molar refractivity (Wildman–Crippen MR) is 71.3 cm³/mol. The van der Waals surface area contributed by atoms with Crippen molar-refractivity contribution in [1.82, 2.24) is 4.90 Å². The minimum Gasteiger partial charge on any atom is -0.282 e. The average molecular weight is 272 g/mol. The number of rotatable bonds is 6. The lowest BCUT2D eigenvalue weighted by atomic mass is 10.00.